The molecule has 0 amide bonds. The van der Waals surface area contributed by atoms with Gasteiger partial charge in [-0.15, -0.1) is 0 Å². The second-order valence-electron chi connectivity index (χ2n) is 4.16. The summed E-state index contributed by atoms with van der Waals surface area (Å²) in [5.41, 5.74) is 7.17. The summed E-state index contributed by atoms with van der Waals surface area (Å²) < 4.78 is 2.26. The minimum absolute atomic E-state index is 0.329. The van der Waals surface area contributed by atoms with Gasteiger partial charge in [-0.1, -0.05) is 0 Å². The SMILES string of the molecule is CC(N)CC1CCc2cncn2C1. The molecule has 0 aliphatic carbocycles. The van der Waals surface area contributed by atoms with Crippen LogP contribution < -0.4 is 5.73 Å². The fraction of sp³-hybridized carbons (Fsp3) is 0.700. The number of rotatable bonds is 2. The van der Waals surface area contributed by atoms with Gasteiger partial charge >= 0.3 is 0 Å². The van der Waals surface area contributed by atoms with E-state index < -0.39 is 0 Å². The van der Waals surface area contributed by atoms with E-state index in [0.717, 1.165) is 25.3 Å². The lowest BCUT2D eigenvalue weighted by Gasteiger charge is -2.25. The average Bonchev–Trinajstić information content (AvgIpc) is 2.49. The van der Waals surface area contributed by atoms with Gasteiger partial charge in [0.2, 0.25) is 0 Å². The van der Waals surface area contributed by atoms with Crippen LogP contribution in [-0.2, 0) is 13.0 Å². The van der Waals surface area contributed by atoms with Crippen molar-refractivity contribution in [3.63, 3.8) is 0 Å². The van der Waals surface area contributed by atoms with Crippen molar-refractivity contribution in [3.8, 4) is 0 Å². The normalized spacial score (nSPS) is 24.0. The summed E-state index contributed by atoms with van der Waals surface area (Å²) in [6.45, 7) is 3.19. The monoisotopic (exact) mass is 179 g/mol. The second kappa shape index (κ2) is 3.50. The van der Waals surface area contributed by atoms with Crippen LogP contribution in [0.1, 0.15) is 25.5 Å². The Kier molecular flexibility index (Phi) is 2.36. The quantitative estimate of drug-likeness (QED) is 0.741. The Bertz CT molecular complexity index is 277. The van der Waals surface area contributed by atoms with E-state index >= 15 is 0 Å². The molecule has 3 nitrogen and oxygen atoms in total. The Morgan fingerprint density at radius 3 is 3.38 bits per heavy atom. The highest BCUT2D eigenvalue weighted by Crippen LogP contribution is 2.22. The predicted octanol–water partition coefficient (Wildman–Crippen LogP) is 1.18. The van der Waals surface area contributed by atoms with Crippen molar-refractivity contribution in [1.29, 1.82) is 0 Å². The van der Waals surface area contributed by atoms with Crippen LogP contribution in [0.2, 0.25) is 0 Å². The zero-order valence-electron chi connectivity index (χ0n) is 8.11. The van der Waals surface area contributed by atoms with E-state index in [9.17, 15) is 0 Å². The molecule has 1 aliphatic rings. The third-order valence-electron chi connectivity index (χ3n) is 2.77. The summed E-state index contributed by atoms with van der Waals surface area (Å²) in [5, 5.41) is 0. The van der Waals surface area contributed by atoms with E-state index in [1.54, 1.807) is 0 Å². The summed E-state index contributed by atoms with van der Waals surface area (Å²) in [6.07, 6.45) is 7.48. The van der Waals surface area contributed by atoms with Gasteiger partial charge in [-0.25, -0.2) is 4.98 Å². The molecule has 0 radical (unpaired) electrons. The number of imidazole rings is 1. The number of hydrogen-bond donors (Lipinski definition) is 1. The number of fused-ring (bicyclic) bond motifs is 1. The molecule has 2 rings (SSSR count). The van der Waals surface area contributed by atoms with Crippen LogP contribution in [-0.4, -0.2) is 15.6 Å². The predicted molar refractivity (Wildman–Crippen MR) is 52.3 cm³/mol. The lowest BCUT2D eigenvalue weighted by molar-refractivity contribution is 0.331. The van der Waals surface area contributed by atoms with Crippen molar-refractivity contribution in [1.82, 2.24) is 9.55 Å². The smallest absolute Gasteiger partial charge is 0.0948 e. The molecule has 1 aliphatic heterocycles. The molecular weight excluding hydrogens is 162 g/mol. The number of nitrogens with two attached hydrogens (primary N) is 1. The third-order valence-corrected chi connectivity index (χ3v) is 2.77. The van der Waals surface area contributed by atoms with Gasteiger partial charge in [0.25, 0.3) is 0 Å². The fourth-order valence-corrected chi connectivity index (χ4v) is 2.16. The molecule has 1 aromatic rings. The maximum atomic E-state index is 5.79. The molecule has 2 N–H and O–H groups in total. The maximum Gasteiger partial charge on any atom is 0.0948 e. The molecule has 0 saturated carbocycles. The van der Waals surface area contributed by atoms with Gasteiger partial charge < -0.3 is 10.3 Å². The summed E-state index contributed by atoms with van der Waals surface area (Å²) >= 11 is 0. The van der Waals surface area contributed by atoms with Crippen molar-refractivity contribution in [3.05, 3.63) is 18.2 Å². The van der Waals surface area contributed by atoms with Crippen molar-refractivity contribution in [2.75, 3.05) is 0 Å². The lowest BCUT2D eigenvalue weighted by atomic mass is 9.92. The number of aromatic nitrogens is 2. The highest BCUT2D eigenvalue weighted by Gasteiger charge is 2.18. The zero-order valence-corrected chi connectivity index (χ0v) is 8.11. The van der Waals surface area contributed by atoms with Crippen LogP contribution in [0, 0.1) is 5.92 Å². The second-order valence-corrected chi connectivity index (χ2v) is 4.16. The maximum absolute atomic E-state index is 5.79. The minimum Gasteiger partial charge on any atom is -0.334 e. The summed E-state index contributed by atoms with van der Waals surface area (Å²) in [4.78, 5) is 4.15. The van der Waals surface area contributed by atoms with Crippen LogP contribution in [0.15, 0.2) is 12.5 Å². The number of nitrogens with zero attached hydrogens (tertiary/aromatic N) is 2. The summed E-state index contributed by atoms with van der Waals surface area (Å²) in [7, 11) is 0. The van der Waals surface area contributed by atoms with E-state index in [1.165, 1.54) is 12.1 Å². The van der Waals surface area contributed by atoms with E-state index in [4.69, 9.17) is 5.73 Å². The molecule has 1 aromatic heterocycles. The Morgan fingerprint density at radius 2 is 2.62 bits per heavy atom. The number of hydrogen-bond acceptors (Lipinski definition) is 2. The third kappa shape index (κ3) is 1.91. The molecule has 0 aromatic carbocycles. The standard InChI is InChI=1S/C10H17N3/c1-8(11)4-9-2-3-10-5-12-7-13(10)6-9/h5,7-9H,2-4,6,11H2,1H3. The van der Waals surface area contributed by atoms with Crippen LogP contribution in [0.5, 0.6) is 0 Å². The first-order chi connectivity index (χ1) is 6.25. The van der Waals surface area contributed by atoms with E-state index in [2.05, 4.69) is 16.5 Å². The van der Waals surface area contributed by atoms with Crippen LogP contribution in [0.3, 0.4) is 0 Å². The number of aryl methyl sites for hydroxylation is 1. The van der Waals surface area contributed by atoms with E-state index in [1.807, 2.05) is 12.5 Å². The molecule has 13 heavy (non-hydrogen) atoms. The largest absolute Gasteiger partial charge is 0.334 e. The Hall–Kier alpha value is -0.830. The Balaban J connectivity index is 2.00. The van der Waals surface area contributed by atoms with Crippen LogP contribution in [0.4, 0.5) is 0 Å². The van der Waals surface area contributed by atoms with Gasteiger partial charge in [-0.3, -0.25) is 0 Å². The van der Waals surface area contributed by atoms with Gasteiger partial charge in [0.1, 0.15) is 0 Å². The van der Waals surface area contributed by atoms with Crippen molar-refractivity contribution >= 4 is 0 Å². The van der Waals surface area contributed by atoms with Gasteiger partial charge in [0.05, 0.1) is 6.33 Å². The fourth-order valence-electron chi connectivity index (χ4n) is 2.16. The minimum atomic E-state index is 0.329. The van der Waals surface area contributed by atoms with Crippen molar-refractivity contribution < 1.29 is 0 Å². The molecular formula is C10H17N3. The summed E-state index contributed by atoms with van der Waals surface area (Å²) in [5.74, 6) is 0.752. The van der Waals surface area contributed by atoms with Crippen LogP contribution in [0.25, 0.3) is 0 Å². The summed E-state index contributed by atoms with van der Waals surface area (Å²) in [6, 6.07) is 0.329. The van der Waals surface area contributed by atoms with Gasteiger partial charge in [0.15, 0.2) is 0 Å². The van der Waals surface area contributed by atoms with Gasteiger partial charge in [0, 0.05) is 24.5 Å². The van der Waals surface area contributed by atoms with Crippen LogP contribution >= 0.6 is 0 Å². The molecule has 0 fully saturated rings. The van der Waals surface area contributed by atoms with Crippen molar-refractivity contribution in [2.45, 2.75) is 38.8 Å². The first-order valence-electron chi connectivity index (χ1n) is 5.00. The zero-order chi connectivity index (χ0) is 9.26. The molecule has 2 atom stereocenters. The topological polar surface area (TPSA) is 43.8 Å². The lowest BCUT2D eigenvalue weighted by Crippen LogP contribution is -2.26. The molecule has 72 valence electrons. The molecule has 0 saturated heterocycles. The van der Waals surface area contributed by atoms with E-state index in [0.29, 0.717) is 6.04 Å². The average molecular weight is 179 g/mol. The molecule has 0 bridgehead atoms. The van der Waals surface area contributed by atoms with Gasteiger partial charge in [-0.2, -0.15) is 0 Å². The molecule has 0 spiro atoms. The van der Waals surface area contributed by atoms with Crippen molar-refractivity contribution in [2.24, 2.45) is 11.7 Å². The molecule has 2 unspecified atom stereocenters. The Morgan fingerprint density at radius 1 is 1.77 bits per heavy atom. The first kappa shape index (κ1) is 8.75. The first-order valence-corrected chi connectivity index (χ1v) is 5.00. The highest BCUT2D eigenvalue weighted by atomic mass is 15.1. The molecule has 2 heterocycles. The van der Waals surface area contributed by atoms with Gasteiger partial charge in [-0.05, 0) is 32.1 Å². The highest BCUT2D eigenvalue weighted by molar-refractivity contribution is 5.01. The van der Waals surface area contributed by atoms with E-state index in [-0.39, 0.29) is 0 Å². The molecule has 3 heteroatoms. The Labute approximate surface area is 79.0 Å².